The van der Waals surface area contributed by atoms with Gasteiger partial charge in [-0.05, 0) is 106 Å². The van der Waals surface area contributed by atoms with E-state index in [1.165, 1.54) is 76.8 Å². The predicted octanol–water partition coefficient (Wildman–Crippen LogP) is 16.0. The van der Waals surface area contributed by atoms with E-state index in [2.05, 4.69) is 188 Å². The van der Waals surface area contributed by atoms with Gasteiger partial charge >= 0.3 is 0 Å². The van der Waals surface area contributed by atoms with Crippen LogP contribution < -0.4 is 0 Å². The van der Waals surface area contributed by atoms with Gasteiger partial charge in [-0.15, -0.1) is 0 Å². The van der Waals surface area contributed by atoms with Gasteiger partial charge in [0.05, 0.1) is 5.41 Å². The van der Waals surface area contributed by atoms with Crippen LogP contribution in [0.2, 0.25) is 0 Å². The highest BCUT2D eigenvalue weighted by Crippen LogP contribution is 2.57. The van der Waals surface area contributed by atoms with Crippen LogP contribution in [0.4, 0.5) is 0 Å². The van der Waals surface area contributed by atoms with Gasteiger partial charge in [-0.1, -0.05) is 231 Å². The number of benzene rings is 11. The van der Waals surface area contributed by atoms with Crippen molar-refractivity contribution in [1.82, 2.24) is 15.0 Å². The highest BCUT2D eigenvalue weighted by atomic mass is 15.0. The number of fused-ring (bicyclic) bond motifs is 9. The monoisotopic (exact) mass is 851 g/mol. The fraction of sp³-hybridized carbons (Fsp3) is 0.0156. The molecule has 13 rings (SSSR count). The van der Waals surface area contributed by atoms with Crippen LogP contribution in [0.3, 0.4) is 0 Å². The van der Waals surface area contributed by atoms with E-state index in [4.69, 9.17) is 15.0 Å². The van der Waals surface area contributed by atoms with Crippen LogP contribution in [0.25, 0.3) is 99.9 Å². The van der Waals surface area contributed by atoms with Gasteiger partial charge in [0.2, 0.25) is 0 Å². The minimum atomic E-state index is -0.471. The van der Waals surface area contributed by atoms with Crippen molar-refractivity contribution in [2.24, 2.45) is 0 Å². The molecule has 0 bridgehead atoms. The molecule has 0 aliphatic heterocycles. The fourth-order valence-corrected chi connectivity index (χ4v) is 10.8. The first-order valence-corrected chi connectivity index (χ1v) is 22.9. The van der Waals surface area contributed by atoms with E-state index in [1.807, 2.05) is 60.7 Å². The van der Waals surface area contributed by atoms with E-state index in [0.717, 1.165) is 27.8 Å². The van der Waals surface area contributed by atoms with Crippen LogP contribution >= 0.6 is 0 Å². The van der Waals surface area contributed by atoms with Crippen molar-refractivity contribution < 1.29 is 0 Å². The van der Waals surface area contributed by atoms with Gasteiger partial charge in [0.25, 0.3) is 0 Å². The maximum atomic E-state index is 5.08. The Labute approximate surface area is 389 Å². The van der Waals surface area contributed by atoms with Crippen LogP contribution in [0.1, 0.15) is 22.3 Å². The summed E-state index contributed by atoms with van der Waals surface area (Å²) >= 11 is 0. The molecule has 12 aromatic rings. The Balaban J connectivity index is 0.990. The Kier molecular flexibility index (Phi) is 9.07. The average molecular weight is 852 g/mol. The van der Waals surface area contributed by atoms with Gasteiger partial charge in [-0.3, -0.25) is 0 Å². The Hall–Kier alpha value is -8.79. The minimum absolute atomic E-state index is 0.471. The molecule has 0 saturated carbocycles. The Morgan fingerprint density at radius 2 is 0.687 bits per heavy atom. The molecule has 1 aromatic heterocycles. The molecule has 0 N–H and O–H groups in total. The Morgan fingerprint density at radius 3 is 1.36 bits per heavy atom. The molecule has 0 amide bonds. The first-order valence-electron chi connectivity index (χ1n) is 22.9. The van der Waals surface area contributed by atoms with Crippen LogP contribution in [-0.2, 0) is 5.41 Å². The van der Waals surface area contributed by atoms with Crippen molar-refractivity contribution in [3.63, 3.8) is 0 Å². The maximum absolute atomic E-state index is 5.08. The normalized spacial score (nSPS) is 12.6. The summed E-state index contributed by atoms with van der Waals surface area (Å²) in [5.74, 6) is 1.93. The highest BCUT2D eigenvalue weighted by Gasteiger charge is 2.46. The lowest BCUT2D eigenvalue weighted by atomic mass is 9.67. The van der Waals surface area contributed by atoms with Crippen LogP contribution in [0.15, 0.2) is 249 Å². The zero-order valence-electron chi connectivity index (χ0n) is 36.5. The molecule has 0 unspecified atom stereocenters. The van der Waals surface area contributed by atoms with Crippen molar-refractivity contribution >= 4 is 32.3 Å². The third-order valence-electron chi connectivity index (χ3n) is 13.8. The van der Waals surface area contributed by atoms with Crippen molar-refractivity contribution in [2.75, 3.05) is 0 Å². The smallest absolute Gasteiger partial charge is 0.164 e. The van der Waals surface area contributed by atoms with E-state index >= 15 is 0 Å². The summed E-state index contributed by atoms with van der Waals surface area (Å²) in [4.78, 5) is 15.1. The Bertz CT molecular complexity index is 3750. The molecular weight excluding hydrogens is 811 g/mol. The molecule has 0 saturated heterocycles. The van der Waals surface area contributed by atoms with E-state index in [9.17, 15) is 0 Å². The second kappa shape index (κ2) is 15.7. The topological polar surface area (TPSA) is 38.7 Å². The lowest BCUT2D eigenvalue weighted by Crippen LogP contribution is -2.28. The third-order valence-corrected chi connectivity index (χ3v) is 13.8. The van der Waals surface area contributed by atoms with Crippen LogP contribution in [0.5, 0.6) is 0 Å². The van der Waals surface area contributed by atoms with Crippen molar-refractivity contribution in [2.45, 2.75) is 5.41 Å². The maximum Gasteiger partial charge on any atom is 0.164 e. The molecule has 312 valence electrons. The van der Waals surface area contributed by atoms with Gasteiger partial charge in [-0.2, -0.15) is 0 Å². The molecule has 67 heavy (non-hydrogen) atoms. The molecule has 3 heteroatoms. The van der Waals surface area contributed by atoms with E-state index in [-0.39, 0.29) is 0 Å². The highest BCUT2D eigenvalue weighted by molar-refractivity contribution is 6.28. The Morgan fingerprint density at radius 1 is 0.239 bits per heavy atom. The quantitative estimate of drug-likeness (QED) is 0.150. The molecule has 1 aliphatic rings. The molecule has 11 aromatic carbocycles. The average Bonchev–Trinajstić information content (AvgIpc) is 3.72. The summed E-state index contributed by atoms with van der Waals surface area (Å²) in [6.07, 6.45) is 0. The van der Waals surface area contributed by atoms with Crippen LogP contribution in [0, 0.1) is 0 Å². The number of hydrogen-bond acceptors (Lipinski definition) is 3. The summed E-state index contributed by atoms with van der Waals surface area (Å²) in [7, 11) is 0. The molecule has 1 aliphatic carbocycles. The van der Waals surface area contributed by atoms with Gasteiger partial charge in [-0.25, -0.2) is 15.0 Å². The number of nitrogens with zero attached hydrogens (tertiary/aromatic N) is 3. The number of rotatable bonds is 7. The summed E-state index contributed by atoms with van der Waals surface area (Å²) in [6, 6.07) is 89.8. The summed E-state index contributed by atoms with van der Waals surface area (Å²) in [6.45, 7) is 0. The first-order chi connectivity index (χ1) is 33.2. The lowest BCUT2D eigenvalue weighted by Gasteiger charge is -2.34. The SMILES string of the molecule is c1ccc(-c2nc(-c3ccccc3)nc(-c3cccc(-c4cccc5c6ccccc6c6cc(-c7ccc8c(c7)C(c7ccccc7)(c7ccccc7)c7ccccc7-8)ccc6c45)c3)n2)cc1. The molecular formula is C64H41N3. The fourth-order valence-electron chi connectivity index (χ4n) is 10.8. The third kappa shape index (κ3) is 6.24. The van der Waals surface area contributed by atoms with E-state index < -0.39 is 5.41 Å². The van der Waals surface area contributed by atoms with Gasteiger partial charge in [0.15, 0.2) is 17.5 Å². The van der Waals surface area contributed by atoms with Crippen LogP contribution in [-0.4, -0.2) is 15.0 Å². The second-order valence-electron chi connectivity index (χ2n) is 17.4. The van der Waals surface area contributed by atoms with E-state index in [0.29, 0.717) is 17.5 Å². The van der Waals surface area contributed by atoms with Gasteiger partial charge < -0.3 is 0 Å². The van der Waals surface area contributed by atoms with E-state index in [1.54, 1.807) is 0 Å². The van der Waals surface area contributed by atoms with Crippen molar-refractivity contribution in [1.29, 1.82) is 0 Å². The van der Waals surface area contributed by atoms with Gasteiger partial charge in [0.1, 0.15) is 0 Å². The largest absolute Gasteiger partial charge is 0.208 e. The summed E-state index contributed by atoms with van der Waals surface area (Å²) < 4.78 is 0. The van der Waals surface area contributed by atoms with Crippen molar-refractivity contribution in [3.05, 3.63) is 271 Å². The predicted molar refractivity (Wildman–Crippen MR) is 277 cm³/mol. The molecule has 0 fully saturated rings. The second-order valence-corrected chi connectivity index (χ2v) is 17.4. The molecule has 0 spiro atoms. The minimum Gasteiger partial charge on any atom is -0.208 e. The summed E-state index contributed by atoms with van der Waals surface area (Å²) in [5, 5.41) is 7.36. The standard InChI is InChI=1S/C64H41N3/c1-5-19-42(20-6-1)61-65-62(43-21-7-2-8-22-43)67-63(66-61)47-24-17-23-46(39-47)50-32-18-33-55-51-29-13-14-30-52(51)57-40-44(36-38-56(57)60(50)55)45-35-37-54-53-31-15-16-34-58(53)64(59(54)41-45,48-25-9-3-10-26-48)49-27-11-4-12-28-49/h1-41H. The van der Waals surface area contributed by atoms with Gasteiger partial charge in [0, 0.05) is 16.7 Å². The van der Waals surface area contributed by atoms with Crippen molar-refractivity contribution in [3.8, 4) is 67.5 Å². The number of aromatic nitrogens is 3. The first kappa shape index (κ1) is 38.6. The molecule has 0 atom stereocenters. The molecule has 1 heterocycles. The molecule has 0 radical (unpaired) electrons. The zero-order valence-corrected chi connectivity index (χ0v) is 36.5. The number of hydrogen-bond donors (Lipinski definition) is 0. The lowest BCUT2D eigenvalue weighted by molar-refractivity contribution is 0.769. The molecule has 3 nitrogen and oxygen atoms in total. The summed E-state index contributed by atoms with van der Waals surface area (Å²) in [5.41, 5.74) is 14.7. The zero-order chi connectivity index (χ0) is 44.3.